The van der Waals surface area contributed by atoms with Crippen molar-refractivity contribution >= 4 is 12.0 Å². The van der Waals surface area contributed by atoms with E-state index in [4.69, 9.17) is 9.15 Å². The molecule has 25 heavy (non-hydrogen) atoms. The number of ether oxygens (including phenoxy) is 1. The van der Waals surface area contributed by atoms with Crippen molar-refractivity contribution < 1.29 is 18.7 Å². The summed E-state index contributed by atoms with van der Waals surface area (Å²) in [4.78, 5) is 27.0. The smallest absolute Gasteiger partial charge is 0.338 e. The molecule has 2 atom stereocenters. The van der Waals surface area contributed by atoms with Gasteiger partial charge in [-0.1, -0.05) is 6.92 Å². The summed E-state index contributed by atoms with van der Waals surface area (Å²) in [6.45, 7) is 6.69. The van der Waals surface area contributed by atoms with E-state index in [2.05, 4.69) is 22.5 Å². The minimum absolute atomic E-state index is 0.273. The van der Waals surface area contributed by atoms with Gasteiger partial charge in [0.1, 0.15) is 11.8 Å². The summed E-state index contributed by atoms with van der Waals surface area (Å²) in [6, 6.07) is 2.50. The normalized spacial score (nSPS) is 24.6. The first-order chi connectivity index (χ1) is 12.1. The van der Waals surface area contributed by atoms with Crippen LogP contribution in [-0.4, -0.2) is 43.1 Å². The van der Waals surface area contributed by atoms with E-state index >= 15 is 0 Å². The molecule has 0 bridgehead atoms. The fraction of sp³-hybridized carbons (Fsp3) is 0.556. The Morgan fingerprint density at radius 3 is 3.00 bits per heavy atom. The lowest BCUT2D eigenvalue weighted by Crippen LogP contribution is -2.49. The predicted molar refractivity (Wildman–Crippen MR) is 91.6 cm³/mol. The highest BCUT2D eigenvalue weighted by Gasteiger charge is 2.36. The molecule has 2 aliphatic rings. The van der Waals surface area contributed by atoms with Gasteiger partial charge in [0.05, 0.1) is 18.4 Å². The summed E-state index contributed by atoms with van der Waals surface area (Å²) in [5.41, 5.74) is 1.01. The van der Waals surface area contributed by atoms with E-state index in [-0.39, 0.29) is 12.6 Å². The predicted octanol–water partition coefficient (Wildman–Crippen LogP) is 2.18. The van der Waals surface area contributed by atoms with Crippen LogP contribution < -0.4 is 10.6 Å². The number of piperidine rings is 1. The molecule has 1 fully saturated rings. The van der Waals surface area contributed by atoms with Crippen LogP contribution in [0, 0.1) is 5.92 Å². The Balaban J connectivity index is 1.93. The van der Waals surface area contributed by atoms with Crippen molar-refractivity contribution in [2.24, 2.45) is 5.92 Å². The first kappa shape index (κ1) is 17.5. The highest BCUT2D eigenvalue weighted by molar-refractivity contribution is 5.95. The molecular formula is C18H25N3O4. The number of amides is 2. The highest BCUT2D eigenvalue weighted by atomic mass is 16.5. The Morgan fingerprint density at radius 1 is 1.48 bits per heavy atom. The Kier molecular flexibility index (Phi) is 5.43. The number of esters is 1. The molecule has 0 spiro atoms. The molecule has 7 nitrogen and oxygen atoms in total. The number of carbonyl (C=O) groups is 2. The molecule has 0 aromatic carbocycles. The van der Waals surface area contributed by atoms with E-state index in [9.17, 15) is 9.59 Å². The van der Waals surface area contributed by atoms with Gasteiger partial charge in [-0.05, 0) is 44.4 Å². The van der Waals surface area contributed by atoms with Crippen LogP contribution in [0.3, 0.4) is 0 Å². The Bertz CT molecular complexity index is 653. The number of nitrogens with zero attached hydrogens (tertiary/aromatic N) is 1. The fourth-order valence-corrected chi connectivity index (χ4v) is 3.52. The van der Waals surface area contributed by atoms with E-state index in [1.807, 2.05) is 0 Å². The molecule has 3 heterocycles. The Labute approximate surface area is 147 Å². The molecule has 1 aromatic heterocycles. The second kappa shape index (κ2) is 7.74. The van der Waals surface area contributed by atoms with Gasteiger partial charge in [0.25, 0.3) is 0 Å². The van der Waals surface area contributed by atoms with Crippen LogP contribution in [0.15, 0.2) is 34.1 Å². The van der Waals surface area contributed by atoms with Crippen LogP contribution in [0.2, 0.25) is 0 Å². The molecule has 0 aliphatic carbocycles. The first-order valence-electron chi connectivity index (χ1n) is 8.82. The average Bonchev–Trinajstić information content (AvgIpc) is 3.09. The van der Waals surface area contributed by atoms with Gasteiger partial charge in [0.2, 0.25) is 0 Å². The topological polar surface area (TPSA) is 83.8 Å². The molecule has 2 N–H and O–H groups in total. The van der Waals surface area contributed by atoms with Crippen LogP contribution in [-0.2, 0) is 9.53 Å². The van der Waals surface area contributed by atoms with E-state index in [0.29, 0.717) is 29.5 Å². The zero-order chi connectivity index (χ0) is 17.8. The zero-order valence-corrected chi connectivity index (χ0v) is 14.7. The maximum atomic E-state index is 12.6. The lowest BCUT2D eigenvalue weighted by Gasteiger charge is -2.34. The SMILES string of the molecule is CCOC(=O)C1=C(CN2CCC[C@@H](C)C2)NC(=O)N[C@H]1c1ccco1. The largest absolute Gasteiger partial charge is 0.467 e. The third kappa shape index (κ3) is 4.04. The lowest BCUT2D eigenvalue weighted by atomic mass is 9.97. The Hall–Kier alpha value is -2.28. The molecule has 0 saturated carbocycles. The summed E-state index contributed by atoms with van der Waals surface area (Å²) in [5, 5.41) is 5.57. The van der Waals surface area contributed by atoms with Crippen LogP contribution in [0.1, 0.15) is 38.5 Å². The van der Waals surface area contributed by atoms with Gasteiger partial charge >= 0.3 is 12.0 Å². The molecular weight excluding hydrogens is 322 g/mol. The van der Waals surface area contributed by atoms with Crippen LogP contribution in [0.5, 0.6) is 0 Å². The van der Waals surface area contributed by atoms with E-state index in [0.717, 1.165) is 19.5 Å². The lowest BCUT2D eigenvalue weighted by molar-refractivity contribution is -0.139. The quantitative estimate of drug-likeness (QED) is 0.798. The number of furan rings is 1. The van der Waals surface area contributed by atoms with Gasteiger partial charge in [0, 0.05) is 18.8 Å². The van der Waals surface area contributed by atoms with E-state index < -0.39 is 12.0 Å². The van der Waals surface area contributed by atoms with Gasteiger partial charge in [-0.25, -0.2) is 9.59 Å². The van der Waals surface area contributed by atoms with E-state index in [1.165, 1.54) is 12.7 Å². The number of urea groups is 1. The zero-order valence-electron chi connectivity index (χ0n) is 14.7. The second-order valence-electron chi connectivity index (χ2n) is 6.64. The third-order valence-electron chi connectivity index (χ3n) is 4.60. The van der Waals surface area contributed by atoms with Crippen molar-refractivity contribution in [2.45, 2.75) is 32.7 Å². The van der Waals surface area contributed by atoms with Gasteiger partial charge < -0.3 is 19.8 Å². The fourth-order valence-electron chi connectivity index (χ4n) is 3.52. The van der Waals surface area contributed by atoms with Gasteiger partial charge in [-0.3, -0.25) is 4.90 Å². The summed E-state index contributed by atoms with van der Waals surface area (Å²) in [7, 11) is 0. The number of hydrogen-bond donors (Lipinski definition) is 2. The van der Waals surface area contributed by atoms with Crippen LogP contribution in [0.4, 0.5) is 4.79 Å². The van der Waals surface area contributed by atoms with Crippen molar-refractivity contribution in [1.82, 2.24) is 15.5 Å². The molecule has 0 radical (unpaired) electrons. The molecule has 2 amide bonds. The highest BCUT2D eigenvalue weighted by Crippen LogP contribution is 2.29. The Morgan fingerprint density at radius 2 is 2.32 bits per heavy atom. The number of rotatable bonds is 5. The average molecular weight is 347 g/mol. The van der Waals surface area contributed by atoms with Gasteiger partial charge in [-0.2, -0.15) is 0 Å². The molecule has 136 valence electrons. The second-order valence-corrected chi connectivity index (χ2v) is 6.64. The van der Waals surface area contributed by atoms with Gasteiger partial charge in [-0.15, -0.1) is 0 Å². The third-order valence-corrected chi connectivity index (χ3v) is 4.60. The minimum atomic E-state index is -0.639. The summed E-state index contributed by atoms with van der Waals surface area (Å²) in [6.07, 6.45) is 3.86. The standard InChI is InChI=1S/C18H25N3O4/c1-3-24-17(22)15-13(11-21-8-4-6-12(2)10-21)19-18(23)20-16(15)14-7-5-9-25-14/h5,7,9,12,16H,3-4,6,8,10-11H2,1-2H3,(H2,19,20,23)/t12-,16+/m1/s1. The van der Waals surface area contributed by atoms with Crippen molar-refractivity contribution in [3.63, 3.8) is 0 Å². The first-order valence-corrected chi connectivity index (χ1v) is 8.82. The molecule has 7 heteroatoms. The number of likely N-dealkylation sites (tertiary alicyclic amines) is 1. The number of carbonyl (C=O) groups excluding carboxylic acids is 2. The van der Waals surface area contributed by atoms with Crippen molar-refractivity contribution in [3.05, 3.63) is 35.4 Å². The van der Waals surface area contributed by atoms with Crippen LogP contribution >= 0.6 is 0 Å². The molecule has 0 unspecified atom stereocenters. The molecule has 2 aliphatic heterocycles. The summed E-state index contributed by atoms with van der Waals surface area (Å²) < 4.78 is 10.7. The minimum Gasteiger partial charge on any atom is -0.467 e. The van der Waals surface area contributed by atoms with Crippen molar-refractivity contribution in [3.8, 4) is 0 Å². The molecule has 3 rings (SSSR count). The number of hydrogen-bond acceptors (Lipinski definition) is 5. The van der Waals surface area contributed by atoms with Crippen molar-refractivity contribution in [1.29, 1.82) is 0 Å². The summed E-state index contributed by atoms with van der Waals surface area (Å²) in [5.74, 6) is 0.692. The maximum Gasteiger partial charge on any atom is 0.338 e. The summed E-state index contributed by atoms with van der Waals surface area (Å²) >= 11 is 0. The van der Waals surface area contributed by atoms with E-state index in [1.54, 1.807) is 19.1 Å². The van der Waals surface area contributed by atoms with Crippen LogP contribution in [0.25, 0.3) is 0 Å². The van der Waals surface area contributed by atoms with Gasteiger partial charge in [0.15, 0.2) is 0 Å². The molecule has 1 aromatic rings. The van der Waals surface area contributed by atoms with Crippen molar-refractivity contribution in [2.75, 3.05) is 26.2 Å². The monoisotopic (exact) mass is 347 g/mol. The number of nitrogens with one attached hydrogen (secondary N) is 2. The maximum absolute atomic E-state index is 12.6. The molecule has 1 saturated heterocycles.